The third-order valence-electron chi connectivity index (χ3n) is 2.26. The Kier molecular flexibility index (Phi) is 11.7. The number of hydroxylamine groups is 2. The summed E-state index contributed by atoms with van der Waals surface area (Å²) < 4.78 is 44.3. The molecular formula is C14H26N3O11P. The molecule has 0 aliphatic rings. The number of carbonyl (C=O) groups excluding carboxylic acids is 3. The Morgan fingerprint density at radius 2 is 1.38 bits per heavy atom. The van der Waals surface area contributed by atoms with Gasteiger partial charge in [0.15, 0.2) is 0 Å². The van der Waals surface area contributed by atoms with Crippen LogP contribution in [0.4, 0.5) is 9.59 Å². The summed E-state index contributed by atoms with van der Waals surface area (Å²) in [6.07, 6.45) is -3.12. The first-order valence-electron chi connectivity index (χ1n) is 8.18. The van der Waals surface area contributed by atoms with E-state index in [9.17, 15) is 18.9 Å². The molecule has 0 amide bonds. The van der Waals surface area contributed by atoms with Crippen molar-refractivity contribution in [3.05, 3.63) is 0 Å². The van der Waals surface area contributed by atoms with E-state index >= 15 is 0 Å². The Balaban J connectivity index is 5.05. The van der Waals surface area contributed by atoms with Crippen molar-refractivity contribution in [2.75, 3.05) is 20.6 Å². The quantitative estimate of drug-likeness (QED) is 0.137. The number of nitrogens with zero attached hydrogens (tertiary/aromatic N) is 2. The average Bonchev–Trinajstić information content (AvgIpc) is 2.52. The number of carbonyl (C=O) groups is 3. The summed E-state index contributed by atoms with van der Waals surface area (Å²) in [6.45, 7) is 5.64. The highest BCUT2D eigenvalue weighted by Crippen LogP contribution is 2.50. The highest BCUT2D eigenvalue weighted by atomic mass is 31.2. The van der Waals surface area contributed by atoms with Crippen molar-refractivity contribution in [3.63, 3.8) is 0 Å². The van der Waals surface area contributed by atoms with Crippen molar-refractivity contribution < 1.29 is 51.8 Å². The topological polar surface area (TPSA) is 175 Å². The van der Waals surface area contributed by atoms with Crippen LogP contribution in [0.1, 0.15) is 34.6 Å². The van der Waals surface area contributed by atoms with Gasteiger partial charge in [-0.2, -0.15) is 5.06 Å². The maximum Gasteiger partial charge on any atom is 0.510 e. The van der Waals surface area contributed by atoms with E-state index in [1.807, 2.05) is 0 Å². The van der Waals surface area contributed by atoms with Gasteiger partial charge in [0.2, 0.25) is 19.5 Å². The lowest BCUT2D eigenvalue weighted by Gasteiger charge is -2.19. The van der Waals surface area contributed by atoms with Crippen LogP contribution in [0.5, 0.6) is 0 Å². The van der Waals surface area contributed by atoms with Crippen LogP contribution in [-0.4, -0.2) is 62.1 Å². The molecular weight excluding hydrogens is 417 g/mol. The zero-order chi connectivity index (χ0) is 22.6. The van der Waals surface area contributed by atoms with Crippen LogP contribution < -0.4 is 5.73 Å². The van der Waals surface area contributed by atoms with E-state index in [4.69, 9.17) is 24.3 Å². The van der Waals surface area contributed by atoms with Gasteiger partial charge >= 0.3 is 26.0 Å². The highest BCUT2D eigenvalue weighted by molar-refractivity contribution is 7.52. The normalized spacial score (nSPS) is 11.8. The third-order valence-corrected chi connectivity index (χ3v) is 3.58. The lowest BCUT2D eigenvalue weighted by molar-refractivity contribution is -0.166. The molecule has 29 heavy (non-hydrogen) atoms. The van der Waals surface area contributed by atoms with Gasteiger partial charge in [-0.25, -0.2) is 14.2 Å². The Bertz CT molecular complexity index is 606. The van der Waals surface area contributed by atoms with Crippen molar-refractivity contribution in [2.45, 2.75) is 46.8 Å². The van der Waals surface area contributed by atoms with Crippen molar-refractivity contribution in [1.82, 2.24) is 5.06 Å². The second-order valence-corrected chi connectivity index (χ2v) is 7.28. The van der Waals surface area contributed by atoms with E-state index in [1.54, 1.807) is 27.7 Å². The molecule has 15 heteroatoms. The monoisotopic (exact) mass is 443 g/mol. The predicted molar refractivity (Wildman–Crippen MR) is 96.1 cm³/mol. The zero-order valence-corrected chi connectivity index (χ0v) is 17.9. The van der Waals surface area contributed by atoms with E-state index in [1.165, 1.54) is 7.05 Å². The minimum Gasteiger partial charge on any atom is -0.432 e. The molecule has 0 aromatic carbocycles. The minimum atomic E-state index is -4.49. The molecule has 0 heterocycles. The first-order valence-corrected chi connectivity index (χ1v) is 9.68. The van der Waals surface area contributed by atoms with Crippen LogP contribution in [0.15, 0.2) is 4.76 Å². The summed E-state index contributed by atoms with van der Waals surface area (Å²) in [6, 6.07) is 0. The average molecular weight is 443 g/mol. The van der Waals surface area contributed by atoms with Crippen LogP contribution in [0.3, 0.4) is 0 Å². The highest BCUT2D eigenvalue weighted by Gasteiger charge is 2.28. The van der Waals surface area contributed by atoms with Gasteiger partial charge in [0.1, 0.15) is 0 Å². The standard InChI is InChI=1S/C14H26N3O11P/c1-9(2)26-13(19)22-7-24-29(21,16-12(15)17(6)28-11(5)18)25-8-23-14(20)27-10(3)4/h9-10H,7-8H2,1-6H3,(H2,15,16,21). The molecule has 0 aromatic heterocycles. The predicted octanol–water partition coefficient (Wildman–Crippen LogP) is 1.89. The van der Waals surface area contributed by atoms with Crippen LogP contribution in [0, 0.1) is 0 Å². The summed E-state index contributed by atoms with van der Waals surface area (Å²) >= 11 is 0. The molecule has 0 saturated carbocycles. The number of nitrogens with two attached hydrogens (primary N) is 1. The molecule has 0 rings (SSSR count). The van der Waals surface area contributed by atoms with E-state index in [0.717, 1.165) is 6.92 Å². The summed E-state index contributed by atoms with van der Waals surface area (Å²) in [7, 11) is -3.30. The number of rotatable bonds is 9. The molecule has 0 radical (unpaired) electrons. The molecule has 0 unspecified atom stereocenters. The van der Waals surface area contributed by atoms with Crippen molar-refractivity contribution in [3.8, 4) is 0 Å². The van der Waals surface area contributed by atoms with Gasteiger partial charge in [0.05, 0.1) is 12.2 Å². The minimum absolute atomic E-state index is 0.461. The van der Waals surface area contributed by atoms with Crippen LogP contribution >= 0.6 is 7.75 Å². The summed E-state index contributed by atoms with van der Waals surface area (Å²) in [5, 5.41) is 0.684. The lowest BCUT2D eigenvalue weighted by Crippen LogP contribution is -2.35. The van der Waals surface area contributed by atoms with Crippen molar-refractivity contribution >= 4 is 32.0 Å². The summed E-state index contributed by atoms with van der Waals surface area (Å²) in [5.74, 6) is -1.32. The Hall–Kier alpha value is -2.57. The van der Waals surface area contributed by atoms with Gasteiger partial charge < -0.3 is 29.5 Å². The number of hydrogen-bond donors (Lipinski definition) is 1. The Morgan fingerprint density at radius 3 is 1.72 bits per heavy atom. The van der Waals surface area contributed by atoms with Crippen LogP contribution in [-0.2, 0) is 42.2 Å². The van der Waals surface area contributed by atoms with E-state index in [0.29, 0.717) is 5.06 Å². The van der Waals surface area contributed by atoms with Gasteiger partial charge in [-0.05, 0) is 27.7 Å². The molecule has 0 aliphatic carbocycles. The smallest absolute Gasteiger partial charge is 0.432 e. The molecule has 0 fully saturated rings. The first-order chi connectivity index (χ1) is 13.3. The molecule has 2 N–H and O–H groups in total. The Morgan fingerprint density at radius 1 is 0.966 bits per heavy atom. The molecule has 14 nitrogen and oxygen atoms in total. The second-order valence-electron chi connectivity index (χ2n) is 5.62. The van der Waals surface area contributed by atoms with Gasteiger partial charge in [0.25, 0.3) is 0 Å². The van der Waals surface area contributed by atoms with Crippen LogP contribution in [0.25, 0.3) is 0 Å². The molecule has 0 spiro atoms. The van der Waals surface area contributed by atoms with E-state index in [2.05, 4.69) is 19.1 Å². The molecule has 0 aromatic rings. The molecule has 0 bridgehead atoms. The largest absolute Gasteiger partial charge is 0.510 e. The maximum atomic E-state index is 12.7. The summed E-state index contributed by atoms with van der Waals surface area (Å²) in [4.78, 5) is 38.2. The SMILES string of the molecule is CC(=O)ON(C)C(N)=NP(=O)(OCOC(=O)OC(C)C)OCOC(=O)OC(C)C. The van der Waals surface area contributed by atoms with Gasteiger partial charge in [-0.3, -0.25) is 13.8 Å². The van der Waals surface area contributed by atoms with Crippen molar-refractivity contribution in [2.24, 2.45) is 10.5 Å². The number of guanidine groups is 1. The second kappa shape index (κ2) is 12.8. The zero-order valence-electron chi connectivity index (χ0n) is 17.0. The van der Waals surface area contributed by atoms with Crippen molar-refractivity contribution in [1.29, 1.82) is 0 Å². The molecule has 0 aliphatic heterocycles. The van der Waals surface area contributed by atoms with Crippen LogP contribution in [0.2, 0.25) is 0 Å². The number of hydrogen-bond acceptors (Lipinski definition) is 11. The lowest BCUT2D eigenvalue weighted by atomic mass is 10.5. The van der Waals surface area contributed by atoms with Gasteiger partial charge in [0, 0.05) is 14.0 Å². The van der Waals surface area contributed by atoms with E-state index in [-0.39, 0.29) is 0 Å². The third kappa shape index (κ3) is 13.3. The molecule has 0 atom stereocenters. The van der Waals surface area contributed by atoms with E-state index < -0.39 is 57.8 Å². The van der Waals surface area contributed by atoms with Gasteiger partial charge in [-0.15, -0.1) is 4.76 Å². The molecule has 0 saturated heterocycles. The number of ether oxygens (including phenoxy) is 4. The first kappa shape index (κ1) is 26.4. The fourth-order valence-electron chi connectivity index (χ4n) is 1.26. The molecule has 168 valence electrons. The Labute approximate surface area is 167 Å². The fourth-order valence-corrected chi connectivity index (χ4v) is 2.20. The summed E-state index contributed by atoms with van der Waals surface area (Å²) in [5.41, 5.74) is 5.55. The maximum absolute atomic E-state index is 12.7. The van der Waals surface area contributed by atoms with Gasteiger partial charge in [-0.1, -0.05) is 0 Å². The fraction of sp³-hybridized carbons (Fsp3) is 0.714.